The smallest absolute Gasteiger partial charge is 0.194 e. The normalized spacial score (nSPS) is 10.8. The van der Waals surface area contributed by atoms with Crippen molar-refractivity contribution in [3.8, 4) is 11.3 Å². The topological polar surface area (TPSA) is 43.1 Å². The van der Waals surface area contributed by atoms with Gasteiger partial charge in [-0.05, 0) is 17.9 Å². The fourth-order valence-corrected chi connectivity index (χ4v) is 1.83. The molecule has 0 bridgehead atoms. The first-order valence-electron chi connectivity index (χ1n) is 5.68. The first-order chi connectivity index (χ1) is 8.20. The van der Waals surface area contributed by atoms with Crippen LogP contribution in [0.2, 0.25) is 0 Å². The molecule has 0 aliphatic carbocycles. The van der Waals surface area contributed by atoms with E-state index in [2.05, 4.69) is 31.0 Å². The molecule has 0 fully saturated rings. The molecule has 1 aromatic heterocycles. The highest BCUT2D eigenvalue weighted by atomic mass is 16.3. The highest BCUT2D eigenvalue weighted by Crippen LogP contribution is 2.22. The first-order valence-corrected chi connectivity index (χ1v) is 5.68. The zero-order chi connectivity index (χ0) is 12.3. The van der Waals surface area contributed by atoms with Crippen molar-refractivity contribution < 1.29 is 9.21 Å². The van der Waals surface area contributed by atoms with E-state index in [9.17, 15) is 4.79 Å². The average Bonchev–Trinajstić information content (AvgIpc) is 2.77. The van der Waals surface area contributed by atoms with Gasteiger partial charge >= 0.3 is 0 Å². The Hall–Kier alpha value is -1.90. The Kier molecular flexibility index (Phi) is 3.38. The van der Waals surface area contributed by atoms with E-state index >= 15 is 0 Å². The number of oxazole rings is 1. The van der Waals surface area contributed by atoms with Crippen molar-refractivity contribution in [3.63, 3.8) is 0 Å². The van der Waals surface area contributed by atoms with Gasteiger partial charge in [-0.1, -0.05) is 38.1 Å². The van der Waals surface area contributed by atoms with Crippen LogP contribution in [0.3, 0.4) is 0 Å². The second-order valence-corrected chi connectivity index (χ2v) is 4.48. The molecule has 0 saturated heterocycles. The SMILES string of the molecule is CC(C)Cc1ccc(-c2ncoc2C=O)cc1. The maximum absolute atomic E-state index is 10.7. The second kappa shape index (κ2) is 4.95. The number of hydrogen-bond donors (Lipinski definition) is 0. The highest BCUT2D eigenvalue weighted by molar-refractivity contribution is 5.81. The van der Waals surface area contributed by atoms with Gasteiger partial charge in [0.25, 0.3) is 0 Å². The number of benzene rings is 1. The molecule has 1 heterocycles. The number of carbonyl (C=O) groups excluding carboxylic acids is 1. The lowest BCUT2D eigenvalue weighted by Crippen LogP contribution is -1.93. The molecule has 0 unspecified atom stereocenters. The van der Waals surface area contributed by atoms with Crippen LogP contribution in [0.4, 0.5) is 0 Å². The van der Waals surface area contributed by atoms with Crippen LogP contribution >= 0.6 is 0 Å². The summed E-state index contributed by atoms with van der Waals surface area (Å²) in [6.07, 6.45) is 3.03. The van der Waals surface area contributed by atoms with Gasteiger partial charge in [0.05, 0.1) is 0 Å². The summed E-state index contributed by atoms with van der Waals surface area (Å²) >= 11 is 0. The Morgan fingerprint density at radius 2 is 2.00 bits per heavy atom. The Balaban J connectivity index is 2.26. The van der Waals surface area contributed by atoms with E-state index in [1.165, 1.54) is 12.0 Å². The van der Waals surface area contributed by atoms with Crippen LogP contribution in [0.15, 0.2) is 35.1 Å². The Bertz CT molecular complexity index is 497. The van der Waals surface area contributed by atoms with E-state index in [-0.39, 0.29) is 5.76 Å². The minimum Gasteiger partial charge on any atom is -0.440 e. The van der Waals surface area contributed by atoms with E-state index in [1.54, 1.807) is 0 Å². The zero-order valence-electron chi connectivity index (χ0n) is 10.0. The van der Waals surface area contributed by atoms with Crippen LogP contribution in [0.1, 0.15) is 30.0 Å². The Morgan fingerprint density at radius 1 is 1.29 bits per heavy atom. The van der Waals surface area contributed by atoms with Crippen molar-refractivity contribution in [3.05, 3.63) is 42.0 Å². The third-order valence-electron chi connectivity index (χ3n) is 2.57. The van der Waals surface area contributed by atoms with Crippen LogP contribution < -0.4 is 0 Å². The lowest BCUT2D eigenvalue weighted by molar-refractivity contribution is 0.110. The van der Waals surface area contributed by atoms with E-state index in [1.807, 2.05) is 12.1 Å². The molecule has 0 saturated carbocycles. The number of carbonyl (C=O) groups is 1. The summed E-state index contributed by atoms with van der Waals surface area (Å²) in [5.74, 6) is 0.917. The third-order valence-corrected chi connectivity index (χ3v) is 2.57. The Morgan fingerprint density at radius 3 is 2.59 bits per heavy atom. The Labute approximate surface area is 100 Å². The standard InChI is InChI=1S/C14H15NO2/c1-10(2)7-11-3-5-12(6-4-11)14-13(8-16)17-9-15-14/h3-6,8-10H,7H2,1-2H3. The lowest BCUT2D eigenvalue weighted by atomic mass is 10.0. The lowest BCUT2D eigenvalue weighted by Gasteiger charge is -2.05. The molecule has 0 radical (unpaired) electrons. The summed E-state index contributed by atoms with van der Waals surface area (Å²) in [4.78, 5) is 14.8. The number of aromatic nitrogens is 1. The minimum absolute atomic E-state index is 0.279. The molecule has 0 aliphatic heterocycles. The van der Waals surface area contributed by atoms with Gasteiger partial charge in [-0.2, -0.15) is 0 Å². The van der Waals surface area contributed by atoms with Crippen molar-refractivity contribution in [2.24, 2.45) is 5.92 Å². The minimum atomic E-state index is 0.279. The summed E-state index contributed by atoms with van der Waals surface area (Å²) in [7, 11) is 0. The molecule has 2 aromatic rings. The summed E-state index contributed by atoms with van der Waals surface area (Å²) in [5.41, 5.74) is 2.81. The van der Waals surface area contributed by atoms with Gasteiger partial charge < -0.3 is 4.42 Å². The van der Waals surface area contributed by atoms with Gasteiger partial charge in [0.1, 0.15) is 5.69 Å². The third kappa shape index (κ3) is 2.61. The number of aldehydes is 1. The van der Waals surface area contributed by atoms with E-state index in [0.29, 0.717) is 17.9 Å². The predicted molar refractivity (Wildman–Crippen MR) is 65.9 cm³/mol. The number of hydrogen-bond acceptors (Lipinski definition) is 3. The molecular weight excluding hydrogens is 214 g/mol. The molecule has 2 rings (SSSR count). The van der Waals surface area contributed by atoms with Gasteiger partial charge in [-0.25, -0.2) is 4.98 Å². The maximum Gasteiger partial charge on any atom is 0.194 e. The first kappa shape index (κ1) is 11.6. The van der Waals surface area contributed by atoms with Crippen LogP contribution in [-0.4, -0.2) is 11.3 Å². The molecule has 3 heteroatoms. The summed E-state index contributed by atoms with van der Waals surface area (Å²) in [5, 5.41) is 0. The maximum atomic E-state index is 10.7. The highest BCUT2D eigenvalue weighted by Gasteiger charge is 2.09. The number of nitrogens with zero attached hydrogens (tertiary/aromatic N) is 1. The molecule has 0 atom stereocenters. The number of rotatable bonds is 4. The van der Waals surface area contributed by atoms with Gasteiger partial charge in [0.15, 0.2) is 18.4 Å². The molecule has 88 valence electrons. The molecule has 3 nitrogen and oxygen atoms in total. The van der Waals surface area contributed by atoms with E-state index in [4.69, 9.17) is 4.42 Å². The van der Waals surface area contributed by atoms with Gasteiger partial charge in [-0.15, -0.1) is 0 Å². The molecule has 0 aliphatic rings. The van der Waals surface area contributed by atoms with Crippen molar-refractivity contribution in [2.75, 3.05) is 0 Å². The van der Waals surface area contributed by atoms with Gasteiger partial charge in [0, 0.05) is 5.56 Å². The molecular formula is C14H15NO2. The predicted octanol–water partition coefficient (Wildman–Crippen LogP) is 3.35. The quantitative estimate of drug-likeness (QED) is 0.755. The fourth-order valence-electron chi connectivity index (χ4n) is 1.83. The molecule has 0 amide bonds. The largest absolute Gasteiger partial charge is 0.440 e. The summed E-state index contributed by atoms with van der Waals surface area (Å²) in [6, 6.07) is 8.09. The van der Waals surface area contributed by atoms with Gasteiger partial charge in [-0.3, -0.25) is 4.79 Å². The van der Waals surface area contributed by atoms with Crippen LogP contribution in [-0.2, 0) is 6.42 Å². The molecule has 17 heavy (non-hydrogen) atoms. The fraction of sp³-hybridized carbons (Fsp3) is 0.286. The van der Waals surface area contributed by atoms with Crippen molar-refractivity contribution >= 4 is 6.29 Å². The van der Waals surface area contributed by atoms with Crippen LogP contribution in [0, 0.1) is 5.92 Å². The monoisotopic (exact) mass is 229 g/mol. The molecule has 1 aromatic carbocycles. The van der Waals surface area contributed by atoms with Crippen LogP contribution in [0.25, 0.3) is 11.3 Å². The zero-order valence-corrected chi connectivity index (χ0v) is 10.0. The summed E-state index contributed by atoms with van der Waals surface area (Å²) in [6.45, 7) is 4.38. The van der Waals surface area contributed by atoms with E-state index < -0.39 is 0 Å². The van der Waals surface area contributed by atoms with Gasteiger partial charge in [0.2, 0.25) is 0 Å². The molecule has 0 spiro atoms. The second-order valence-electron chi connectivity index (χ2n) is 4.48. The molecule has 0 N–H and O–H groups in total. The summed E-state index contributed by atoms with van der Waals surface area (Å²) < 4.78 is 4.98. The van der Waals surface area contributed by atoms with Crippen molar-refractivity contribution in [2.45, 2.75) is 20.3 Å². The van der Waals surface area contributed by atoms with E-state index in [0.717, 1.165) is 12.0 Å². The van der Waals surface area contributed by atoms with Crippen molar-refractivity contribution in [1.29, 1.82) is 0 Å². The average molecular weight is 229 g/mol. The van der Waals surface area contributed by atoms with Crippen LogP contribution in [0.5, 0.6) is 0 Å². The van der Waals surface area contributed by atoms with Crippen molar-refractivity contribution in [1.82, 2.24) is 4.98 Å².